The van der Waals surface area contributed by atoms with E-state index < -0.39 is 19.9 Å². The molecule has 0 aliphatic heterocycles. The molecule has 0 heterocycles. The summed E-state index contributed by atoms with van der Waals surface area (Å²) in [6, 6.07) is 10.6. The van der Waals surface area contributed by atoms with Gasteiger partial charge >= 0.3 is 0 Å². The lowest BCUT2D eigenvalue weighted by molar-refractivity contribution is 0.599. The first kappa shape index (κ1) is 16.5. The van der Waals surface area contributed by atoms with E-state index in [1.165, 1.54) is 30.3 Å². The smallest absolute Gasteiger partial charge is 0.261 e. The van der Waals surface area contributed by atoms with Crippen molar-refractivity contribution in [3.8, 4) is 0 Å². The minimum atomic E-state index is -3.76. The van der Waals surface area contributed by atoms with Crippen LogP contribution in [0.2, 0.25) is 0 Å². The number of hydrogen-bond donors (Lipinski definition) is 1. The van der Waals surface area contributed by atoms with Gasteiger partial charge in [-0.05, 0) is 55.3 Å². The maximum atomic E-state index is 12.4. The maximum absolute atomic E-state index is 12.4. The van der Waals surface area contributed by atoms with E-state index in [0.717, 1.165) is 17.4 Å². The van der Waals surface area contributed by atoms with Gasteiger partial charge in [0.1, 0.15) is 0 Å². The van der Waals surface area contributed by atoms with Gasteiger partial charge in [0.2, 0.25) is 0 Å². The van der Waals surface area contributed by atoms with Crippen molar-refractivity contribution in [2.75, 3.05) is 11.0 Å². The average molecular weight is 339 g/mol. The fourth-order valence-corrected chi connectivity index (χ4v) is 3.69. The third kappa shape index (κ3) is 3.66. The molecule has 5 nitrogen and oxygen atoms in total. The summed E-state index contributed by atoms with van der Waals surface area (Å²) in [5.74, 6) is 0. The van der Waals surface area contributed by atoms with Gasteiger partial charge in [-0.15, -0.1) is 0 Å². The molecule has 22 heavy (non-hydrogen) atoms. The highest BCUT2D eigenvalue weighted by molar-refractivity contribution is 7.92. The van der Waals surface area contributed by atoms with Crippen molar-refractivity contribution in [3.63, 3.8) is 0 Å². The van der Waals surface area contributed by atoms with Crippen LogP contribution in [0.4, 0.5) is 5.69 Å². The quantitative estimate of drug-likeness (QED) is 0.928. The highest BCUT2D eigenvalue weighted by atomic mass is 32.2. The van der Waals surface area contributed by atoms with Crippen molar-refractivity contribution < 1.29 is 16.8 Å². The fourth-order valence-electron chi connectivity index (χ4n) is 1.89. The van der Waals surface area contributed by atoms with Crippen molar-refractivity contribution in [1.29, 1.82) is 0 Å². The van der Waals surface area contributed by atoms with E-state index in [1.54, 1.807) is 12.1 Å². The zero-order chi connectivity index (χ0) is 16.5. The number of aryl methyl sites for hydroxylation is 2. The van der Waals surface area contributed by atoms with Gasteiger partial charge < -0.3 is 0 Å². The molecule has 0 radical (unpaired) electrons. The van der Waals surface area contributed by atoms with Gasteiger partial charge in [-0.25, -0.2) is 16.8 Å². The minimum absolute atomic E-state index is 0.0628. The van der Waals surface area contributed by atoms with Gasteiger partial charge in [0.15, 0.2) is 9.84 Å². The molecule has 0 saturated heterocycles. The van der Waals surface area contributed by atoms with Crippen molar-refractivity contribution in [2.24, 2.45) is 0 Å². The van der Waals surface area contributed by atoms with Crippen molar-refractivity contribution in [3.05, 3.63) is 53.6 Å². The van der Waals surface area contributed by atoms with Crippen molar-refractivity contribution in [2.45, 2.75) is 23.6 Å². The number of nitrogens with one attached hydrogen (secondary N) is 1. The Kier molecular flexibility index (Phi) is 4.30. The Morgan fingerprint density at radius 1 is 0.818 bits per heavy atom. The van der Waals surface area contributed by atoms with Crippen LogP contribution < -0.4 is 4.72 Å². The third-order valence-corrected chi connectivity index (χ3v) is 5.79. The van der Waals surface area contributed by atoms with Crippen LogP contribution in [0.1, 0.15) is 11.1 Å². The highest BCUT2D eigenvalue weighted by Gasteiger charge is 2.16. The number of sulfonamides is 1. The molecule has 0 saturated carbocycles. The lowest BCUT2D eigenvalue weighted by atomic mass is 10.1. The predicted octanol–water partition coefficient (Wildman–Crippen LogP) is 2.51. The summed E-state index contributed by atoms with van der Waals surface area (Å²) in [5, 5.41) is 0. The lowest BCUT2D eigenvalue weighted by Gasteiger charge is -2.10. The number of rotatable bonds is 4. The van der Waals surface area contributed by atoms with E-state index >= 15 is 0 Å². The maximum Gasteiger partial charge on any atom is 0.261 e. The molecule has 2 aromatic carbocycles. The molecular weight excluding hydrogens is 322 g/mol. The van der Waals surface area contributed by atoms with Crippen LogP contribution in [-0.2, 0) is 19.9 Å². The van der Waals surface area contributed by atoms with Crippen molar-refractivity contribution >= 4 is 25.5 Å². The summed E-state index contributed by atoms with van der Waals surface area (Å²) in [7, 11) is -7.15. The second-order valence-corrected chi connectivity index (χ2v) is 8.85. The average Bonchev–Trinajstić information content (AvgIpc) is 2.40. The first-order valence-corrected chi connectivity index (χ1v) is 9.87. The lowest BCUT2D eigenvalue weighted by Crippen LogP contribution is -2.13. The molecule has 0 fully saturated rings. The van der Waals surface area contributed by atoms with Crippen LogP contribution in [0.5, 0.6) is 0 Å². The van der Waals surface area contributed by atoms with Crippen molar-refractivity contribution in [1.82, 2.24) is 0 Å². The van der Waals surface area contributed by atoms with Gasteiger partial charge in [0.05, 0.1) is 15.5 Å². The Morgan fingerprint density at radius 3 is 2.09 bits per heavy atom. The summed E-state index contributed by atoms with van der Waals surface area (Å²) < 4.78 is 50.2. The molecule has 1 N–H and O–H groups in total. The second kappa shape index (κ2) is 5.73. The van der Waals surface area contributed by atoms with Crippen LogP contribution in [0, 0.1) is 13.8 Å². The molecule has 0 aliphatic carbocycles. The van der Waals surface area contributed by atoms with Gasteiger partial charge in [-0.2, -0.15) is 0 Å². The van der Waals surface area contributed by atoms with Crippen LogP contribution in [0.3, 0.4) is 0 Å². The zero-order valence-electron chi connectivity index (χ0n) is 12.5. The molecule has 0 bridgehead atoms. The van der Waals surface area contributed by atoms with Crippen LogP contribution >= 0.6 is 0 Å². The second-order valence-electron chi connectivity index (χ2n) is 5.15. The molecule has 0 unspecified atom stereocenters. The topological polar surface area (TPSA) is 80.3 Å². The Hall–Kier alpha value is -1.86. The molecule has 7 heteroatoms. The fraction of sp³-hybridized carbons (Fsp3) is 0.200. The Labute approximate surface area is 131 Å². The first-order chi connectivity index (χ1) is 10.1. The summed E-state index contributed by atoms with van der Waals surface area (Å²) in [5.41, 5.74) is 2.08. The molecule has 2 rings (SSSR count). The molecule has 0 atom stereocenters. The molecule has 0 aromatic heterocycles. The number of hydrogen-bond acceptors (Lipinski definition) is 4. The largest absolute Gasteiger partial charge is 0.280 e. The minimum Gasteiger partial charge on any atom is -0.280 e. The van der Waals surface area contributed by atoms with Gasteiger partial charge in [-0.1, -0.05) is 12.1 Å². The number of anilines is 1. The molecule has 2 aromatic rings. The van der Waals surface area contributed by atoms with E-state index in [9.17, 15) is 16.8 Å². The summed E-state index contributed by atoms with van der Waals surface area (Å²) in [6.45, 7) is 3.73. The van der Waals surface area contributed by atoms with Crippen LogP contribution in [0.25, 0.3) is 0 Å². The van der Waals surface area contributed by atoms with E-state index in [4.69, 9.17) is 0 Å². The van der Waals surface area contributed by atoms with Gasteiger partial charge in [0.25, 0.3) is 10.0 Å². The molecule has 0 amide bonds. The molecule has 118 valence electrons. The summed E-state index contributed by atoms with van der Waals surface area (Å²) >= 11 is 0. The standard InChI is InChI=1S/C15H17NO4S2/c1-11-7-8-15(9-12(11)2)22(19,20)16-13-5-4-6-14(10-13)21(3,17)18/h4-10,16H,1-3H3. The monoisotopic (exact) mass is 339 g/mol. The summed E-state index contributed by atoms with van der Waals surface area (Å²) in [4.78, 5) is 0.202. The van der Waals surface area contributed by atoms with E-state index in [2.05, 4.69) is 4.72 Å². The Balaban J connectivity index is 2.39. The predicted molar refractivity (Wildman–Crippen MR) is 86.3 cm³/mol. The van der Waals surface area contributed by atoms with E-state index in [1.807, 2.05) is 13.8 Å². The Morgan fingerprint density at radius 2 is 1.50 bits per heavy atom. The van der Waals surface area contributed by atoms with Gasteiger partial charge in [0, 0.05) is 6.26 Å². The zero-order valence-corrected chi connectivity index (χ0v) is 14.1. The Bertz CT molecular complexity index is 916. The van der Waals surface area contributed by atoms with Crippen LogP contribution in [0.15, 0.2) is 52.3 Å². The normalized spacial score (nSPS) is 12.1. The summed E-state index contributed by atoms with van der Waals surface area (Å²) in [6.07, 6.45) is 1.07. The van der Waals surface area contributed by atoms with Gasteiger partial charge in [-0.3, -0.25) is 4.72 Å². The van der Waals surface area contributed by atoms with E-state index in [-0.39, 0.29) is 15.5 Å². The third-order valence-electron chi connectivity index (χ3n) is 3.30. The molecule has 0 spiro atoms. The molecule has 0 aliphatic rings. The van der Waals surface area contributed by atoms with Crippen LogP contribution in [-0.4, -0.2) is 23.1 Å². The van der Waals surface area contributed by atoms with E-state index in [0.29, 0.717) is 0 Å². The number of sulfone groups is 1. The molecular formula is C15H17NO4S2. The first-order valence-electron chi connectivity index (χ1n) is 6.50. The number of benzene rings is 2. The SMILES string of the molecule is Cc1ccc(S(=O)(=O)Nc2cccc(S(C)(=O)=O)c2)cc1C. The highest BCUT2D eigenvalue weighted by Crippen LogP contribution is 2.21.